The molecule has 7 heteroatoms. The van der Waals surface area contributed by atoms with Crippen molar-refractivity contribution >= 4 is 10.0 Å². The molecule has 2 fully saturated rings. The first-order chi connectivity index (χ1) is 8.68. The average Bonchev–Trinajstić information content (AvgIpc) is 2.87. The first-order valence-electron chi connectivity index (χ1n) is 6.41. The molecule has 0 amide bonds. The zero-order valence-electron chi connectivity index (χ0n) is 10.2. The molecule has 0 spiro atoms. The Morgan fingerprint density at radius 3 is 2.78 bits per heavy atom. The molecule has 1 unspecified atom stereocenters. The minimum atomic E-state index is -3.41. The van der Waals surface area contributed by atoms with Crippen molar-refractivity contribution in [2.24, 2.45) is 0 Å². The van der Waals surface area contributed by atoms with Gasteiger partial charge in [-0.15, -0.1) is 0 Å². The lowest BCUT2D eigenvalue weighted by Crippen LogP contribution is -2.42. The number of nitrogens with one attached hydrogen (secondary N) is 2. The van der Waals surface area contributed by atoms with E-state index in [1.165, 1.54) is 12.5 Å². The van der Waals surface area contributed by atoms with Crippen LogP contribution in [0.1, 0.15) is 25.7 Å². The highest BCUT2D eigenvalue weighted by Crippen LogP contribution is 2.32. The van der Waals surface area contributed by atoms with Crippen molar-refractivity contribution in [1.29, 1.82) is 0 Å². The Morgan fingerprint density at radius 1 is 1.39 bits per heavy atom. The van der Waals surface area contributed by atoms with Crippen molar-refractivity contribution in [3.63, 3.8) is 0 Å². The molecule has 0 bridgehead atoms. The van der Waals surface area contributed by atoms with Gasteiger partial charge in [0, 0.05) is 18.6 Å². The molecule has 6 nitrogen and oxygen atoms in total. The fraction of sp³-hybridized carbons (Fsp3) is 0.727. The Morgan fingerprint density at radius 2 is 2.22 bits per heavy atom. The maximum Gasteiger partial charge on any atom is 0.260 e. The van der Waals surface area contributed by atoms with Crippen molar-refractivity contribution in [3.05, 3.63) is 12.5 Å². The van der Waals surface area contributed by atoms with Gasteiger partial charge in [-0.05, 0) is 32.2 Å². The molecule has 0 radical (unpaired) electrons. The van der Waals surface area contributed by atoms with E-state index in [-0.39, 0.29) is 11.1 Å². The fourth-order valence-electron chi connectivity index (χ4n) is 2.45. The van der Waals surface area contributed by atoms with Gasteiger partial charge in [0.15, 0.2) is 5.03 Å². The van der Waals surface area contributed by atoms with E-state index in [1.54, 1.807) is 4.31 Å². The molecule has 1 saturated heterocycles. The minimum absolute atomic E-state index is 0.181. The highest BCUT2D eigenvalue weighted by molar-refractivity contribution is 7.89. The topological polar surface area (TPSA) is 78.1 Å². The van der Waals surface area contributed by atoms with Crippen LogP contribution >= 0.6 is 0 Å². The summed E-state index contributed by atoms with van der Waals surface area (Å²) in [5.41, 5.74) is 0. The summed E-state index contributed by atoms with van der Waals surface area (Å²) in [6.45, 7) is 1.57. The van der Waals surface area contributed by atoms with Gasteiger partial charge >= 0.3 is 0 Å². The van der Waals surface area contributed by atoms with Crippen LogP contribution in [-0.2, 0) is 10.0 Å². The van der Waals surface area contributed by atoms with Gasteiger partial charge in [0.05, 0.1) is 12.5 Å². The lowest BCUT2D eigenvalue weighted by molar-refractivity contribution is 0.362. The molecule has 1 aromatic rings. The second-order valence-corrected chi connectivity index (χ2v) is 6.87. The molecule has 1 aromatic heterocycles. The average molecular weight is 270 g/mol. The zero-order chi connectivity index (χ0) is 12.6. The summed E-state index contributed by atoms with van der Waals surface area (Å²) in [5, 5.41) is 3.56. The molecule has 0 aromatic carbocycles. The maximum absolute atomic E-state index is 12.5. The Kier molecular flexibility index (Phi) is 3.13. The number of sulfonamides is 1. The summed E-state index contributed by atoms with van der Waals surface area (Å²) < 4.78 is 26.6. The van der Waals surface area contributed by atoms with Crippen LogP contribution in [0.2, 0.25) is 0 Å². The van der Waals surface area contributed by atoms with Crippen LogP contribution in [0, 0.1) is 0 Å². The number of hydrogen-bond acceptors (Lipinski definition) is 4. The second kappa shape index (κ2) is 4.64. The van der Waals surface area contributed by atoms with Gasteiger partial charge in [0.2, 0.25) is 0 Å². The first-order valence-corrected chi connectivity index (χ1v) is 7.85. The Hall–Kier alpha value is -0.920. The van der Waals surface area contributed by atoms with Crippen molar-refractivity contribution in [1.82, 2.24) is 19.6 Å². The van der Waals surface area contributed by atoms with Crippen molar-refractivity contribution in [3.8, 4) is 0 Å². The van der Waals surface area contributed by atoms with E-state index >= 15 is 0 Å². The number of aromatic amines is 1. The number of rotatable bonds is 5. The van der Waals surface area contributed by atoms with Gasteiger partial charge in [-0.2, -0.15) is 4.31 Å². The van der Waals surface area contributed by atoms with Crippen molar-refractivity contribution < 1.29 is 8.42 Å². The molecule has 18 heavy (non-hydrogen) atoms. The maximum atomic E-state index is 12.5. The Bertz CT molecular complexity index is 489. The number of hydrogen-bond donors (Lipinski definition) is 2. The summed E-state index contributed by atoms with van der Waals surface area (Å²) in [5.74, 6) is 0. The predicted octanol–water partition coefficient (Wildman–Crippen LogP) is 0.315. The number of H-pyrrole nitrogens is 1. The smallest absolute Gasteiger partial charge is 0.260 e. The summed E-state index contributed by atoms with van der Waals surface area (Å²) in [6, 6.07) is 0.476. The Labute approximate surface area is 107 Å². The monoisotopic (exact) mass is 270 g/mol. The lowest BCUT2D eigenvalue weighted by atomic mass is 10.2. The van der Waals surface area contributed by atoms with Crippen LogP contribution in [0.25, 0.3) is 0 Å². The summed E-state index contributed by atoms with van der Waals surface area (Å²) in [4.78, 5) is 6.51. The molecule has 100 valence electrons. The number of aromatic nitrogens is 2. The van der Waals surface area contributed by atoms with E-state index in [4.69, 9.17) is 0 Å². The van der Waals surface area contributed by atoms with Gasteiger partial charge in [0.25, 0.3) is 10.0 Å². The van der Waals surface area contributed by atoms with Crippen LogP contribution in [0.3, 0.4) is 0 Å². The molecule has 2 aliphatic rings. The summed E-state index contributed by atoms with van der Waals surface area (Å²) in [7, 11) is -3.41. The third-order valence-corrected chi connectivity index (χ3v) is 5.42. The zero-order valence-corrected chi connectivity index (χ0v) is 11.0. The third kappa shape index (κ3) is 2.30. The molecule has 3 rings (SSSR count). The normalized spacial score (nSPS) is 24.8. The van der Waals surface area contributed by atoms with Gasteiger partial charge < -0.3 is 10.3 Å². The molecule has 2 N–H and O–H groups in total. The second-order valence-electron chi connectivity index (χ2n) is 5.02. The van der Waals surface area contributed by atoms with E-state index in [9.17, 15) is 8.42 Å². The molecule has 1 aliphatic heterocycles. The molecular formula is C11H18N4O2S. The summed E-state index contributed by atoms with van der Waals surface area (Å²) >= 11 is 0. The highest BCUT2D eigenvalue weighted by atomic mass is 32.2. The lowest BCUT2D eigenvalue weighted by Gasteiger charge is -2.24. The standard InChI is InChI=1S/C11H18N4O2S/c16-18(17,11-6-12-8-14-11)15(10-3-4-10)7-9-2-1-5-13-9/h6,8-10,13H,1-5,7H2,(H,12,14). The first kappa shape index (κ1) is 12.1. The molecule has 1 aliphatic carbocycles. The third-order valence-electron chi connectivity index (χ3n) is 3.58. The molecule has 2 heterocycles. The van der Waals surface area contributed by atoms with E-state index in [0.29, 0.717) is 12.6 Å². The van der Waals surface area contributed by atoms with Crippen LogP contribution in [-0.4, -0.2) is 47.9 Å². The summed E-state index contributed by atoms with van der Waals surface area (Å²) in [6.07, 6.45) is 6.92. The fourth-order valence-corrected chi connectivity index (χ4v) is 4.07. The van der Waals surface area contributed by atoms with Gasteiger partial charge in [-0.25, -0.2) is 13.4 Å². The SMILES string of the molecule is O=S(=O)(c1cnc[nH]1)N(CC1CCCN1)C1CC1. The van der Waals surface area contributed by atoms with Crippen LogP contribution in [0.4, 0.5) is 0 Å². The molecular weight excluding hydrogens is 252 g/mol. The molecule has 1 atom stereocenters. The number of nitrogens with zero attached hydrogens (tertiary/aromatic N) is 2. The van der Waals surface area contributed by atoms with Crippen molar-refractivity contribution in [2.45, 2.75) is 42.8 Å². The van der Waals surface area contributed by atoms with Gasteiger partial charge in [-0.1, -0.05) is 0 Å². The van der Waals surface area contributed by atoms with Crippen LogP contribution < -0.4 is 5.32 Å². The number of imidazole rings is 1. The van der Waals surface area contributed by atoms with Crippen molar-refractivity contribution in [2.75, 3.05) is 13.1 Å². The van der Waals surface area contributed by atoms with Crippen LogP contribution in [0.5, 0.6) is 0 Å². The van der Waals surface area contributed by atoms with Crippen LogP contribution in [0.15, 0.2) is 17.6 Å². The predicted molar refractivity (Wildman–Crippen MR) is 66.5 cm³/mol. The van der Waals surface area contributed by atoms with Gasteiger partial charge in [-0.3, -0.25) is 0 Å². The largest absolute Gasteiger partial charge is 0.335 e. The van der Waals surface area contributed by atoms with E-state index in [1.807, 2.05) is 0 Å². The van der Waals surface area contributed by atoms with E-state index in [2.05, 4.69) is 15.3 Å². The quantitative estimate of drug-likeness (QED) is 0.807. The Balaban J connectivity index is 1.80. The highest BCUT2D eigenvalue weighted by Gasteiger charge is 2.40. The van der Waals surface area contributed by atoms with E-state index in [0.717, 1.165) is 32.2 Å². The molecule has 1 saturated carbocycles. The minimum Gasteiger partial charge on any atom is -0.335 e. The van der Waals surface area contributed by atoms with Gasteiger partial charge in [0.1, 0.15) is 0 Å². The van der Waals surface area contributed by atoms with E-state index < -0.39 is 10.0 Å².